The second-order valence-corrected chi connectivity index (χ2v) is 4.97. The Morgan fingerprint density at radius 3 is 2.89 bits per heavy atom. The van der Waals surface area contributed by atoms with E-state index >= 15 is 0 Å². The van der Waals surface area contributed by atoms with Gasteiger partial charge in [0.1, 0.15) is 0 Å². The average molecular weight is 277 g/mol. The largest absolute Gasteiger partial charge is 0.481 e. The summed E-state index contributed by atoms with van der Waals surface area (Å²) >= 11 is 1.52. The summed E-state index contributed by atoms with van der Waals surface area (Å²) in [6.45, 7) is 1.41. The summed E-state index contributed by atoms with van der Waals surface area (Å²) in [7, 11) is 1.59. The van der Waals surface area contributed by atoms with Gasteiger partial charge in [-0.2, -0.15) is 0 Å². The molecule has 1 amide bonds. The molecule has 0 unspecified atom stereocenters. The molecular weight excluding hydrogens is 262 g/mol. The van der Waals surface area contributed by atoms with E-state index in [0.29, 0.717) is 24.5 Å². The number of nitrogens with zero attached hydrogens (tertiary/aromatic N) is 1. The highest BCUT2D eigenvalue weighted by molar-refractivity contribution is 7.10. The molecule has 2 heterocycles. The van der Waals surface area contributed by atoms with Crippen molar-refractivity contribution < 1.29 is 9.53 Å². The number of nitrogens with two attached hydrogens (primary N) is 1. The molecule has 0 aliphatic heterocycles. The molecule has 3 N–H and O–H groups in total. The highest BCUT2D eigenvalue weighted by Crippen LogP contribution is 2.14. The number of carbonyl (C=O) groups is 1. The van der Waals surface area contributed by atoms with Gasteiger partial charge in [-0.05, 0) is 11.6 Å². The van der Waals surface area contributed by atoms with Crippen LogP contribution in [0, 0.1) is 0 Å². The molecule has 0 saturated carbocycles. The van der Waals surface area contributed by atoms with Crippen molar-refractivity contribution in [3.8, 4) is 5.88 Å². The fourth-order valence-corrected chi connectivity index (χ4v) is 2.41. The number of rotatable bonds is 6. The van der Waals surface area contributed by atoms with Gasteiger partial charge < -0.3 is 15.8 Å². The Hall–Kier alpha value is -1.92. The van der Waals surface area contributed by atoms with Crippen molar-refractivity contribution in [3.63, 3.8) is 0 Å². The van der Waals surface area contributed by atoms with Crippen LogP contribution in [0.5, 0.6) is 5.88 Å². The van der Waals surface area contributed by atoms with Crippen LogP contribution in [-0.2, 0) is 13.1 Å². The van der Waals surface area contributed by atoms with E-state index in [1.54, 1.807) is 18.7 Å². The summed E-state index contributed by atoms with van der Waals surface area (Å²) in [5.74, 6) is 0.218. The van der Waals surface area contributed by atoms with Gasteiger partial charge in [-0.15, -0.1) is 11.3 Å². The lowest BCUT2D eigenvalue weighted by molar-refractivity contribution is 0.100. The van der Waals surface area contributed by atoms with Crippen LogP contribution in [0.4, 0.5) is 0 Å². The van der Waals surface area contributed by atoms with Crippen molar-refractivity contribution in [2.45, 2.75) is 13.1 Å². The number of carbonyl (C=O) groups excluding carboxylic acids is 1. The third-order valence-corrected chi connectivity index (χ3v) is 3.51. The molecular formula is C13H15N3O2S. The molecule has 6 heteroatoms. The molecule has 0 aliphatic rings. The molecule has 0 bridgehead atoms. The second kappa shape index (κ2) is 6.31. The maximum atomic E-state index is 11.0. The van der Waals surface area contributed by atoms with Gasteiger partial charge in [0.05, 0.1) is 12.7 Å². The molecule has 2 aromatic heterocycles. The van der Waals surface area contributed by atoms with Crippen molar-refractivity contribution in [1.29, 1.82) is 0 Å². The van der Waals surface area contributed by atoms with Gasteiger partial charge >= 0.3 is 0 Å². The van der Waals surface area contributed by atoms with Crippen LogP contribution in [0.3, 0.4) is 0 Å². The predicted octanol–water partition coefficient (Wildman–Crippen LogP) is 1.54. The van der Waals surface area contributed by atoms with Crippen molar-refractivity contribution in [1.82, 2.24) is 10.3 Å². The maximum absolute atomic E-state index is 11.0. The molecule has 0 fully saturated rings. The number of nitrogens with one attached hydrogen (secondary N) is 1. The Bertz CT molecular complexity index is 551. The third kappa shape index (κ3) is 3.77. The molecule has 5 nitrogen and oxygen atoms in total. The number of pyridine rings is 1. The molecule has 0 atom stereocenters. The van der Waals surface area contributed by atoms with Crippen LogP contribution in [0.1, 0.15) is 20.8 Å². The van der Waals surface area contributed by atoms with E-state index in [-0.39, 0.29) is 5.91 Å². The van der Waals surface area contributed by atoms with Crippen LogP contribution in [0.15, 0.2) is 29.8 Å². The summed E-state index contributed by atoms with van der Waals surface area (Å²) < 4.78 is 4.99. The van der Waals surface area contributed by atoms with E-state index in [2.05, 4.69) is 10.3 Å². The molecule has 0 radical (unpaired) electrons. The normalized spacial score (nSPS) is 10.4. The number of methoxy groups -OCH3 is 1. The number of hydrogen-bond donors (Lipinski definition) is 2. The lowest BCUT2D eigenvalue weighted by Gasteiger charge is -2.04. The highest BCUT2D eigenvalue weighted by atomic mass is 32.1. The van der Waals surface area contributed by atoms with E-state index in [1.165, 1.54) is 11.3 Å². The Balaban J connectivity index is 1.83. The number of amides is 1. The minimum Gasteiger partial charge on any atom is -0.481 e. The standard InChI is InChI=1S/C13H15N3O2S/c1-18-12-3-2-9(6-16-12)5-15-7-11-4-10(8-19-11)13(14)17/h2-4,6,8,15H,5,7H2,1H3,(H2,14,17). The zero-order chi connectivity index (χ0) is 13.7. The first kappa shape index (κ1) is 13.5. The molecule has 100 valence electrons. The molecule has 2 aromatic rings. The second-order valence-electron chi connectivity index (χ2n) is 3.98. The van der Waals surface area contributed by atoms with Crippen LogP contribution in [0.25, 0.3) is 0 Å². The molecule has 0 saturated heterocycles. The summed E-state index contributed by atoms with van der Waals surface area (Å²) in [5.41, 5.74) is 6.84. The van der Waals surface area contributed by atoms with E-state index < -0.39 is 0 Å². The fourth-order valence-electron chi connectivity index (χ4n) is 1.57. The smallest absolute Gasteiger partial charge is 0.249 e. The van der Waals surface area contributed by atoms with Crippen molar-refractivity contribution in [2.75, 3.05) is 7.11 Å². The van der Waals surface area contributed by atoms with Gasteiger partial charge in [0.2, 0.25) is 11.8 Å². The topological polar surface area (TPSA) is 77.2 Å². The lowest BCUT2D eigenvalue weighted by atomic mass is 10.2. The quantitative estimate of drug-likeness (QED) is 0.839. The third-order valence-electron chi connectivity index (χ3n) is 2.57. The number of aromatic nitrogens is 1. The minimum atomic E-state index is -0.387. The van der Waals surface area contributed by atoms with E-state index in [9.17, 15) is 4.79 Å². The zero-order valence-electron chi connectivity index (χ0n) is 10.6. The van der Waals surface area contributed by atoms with E-state index in [1.807, 2.05) is 18.2 Å². The van der Waals surface area contributed by atoms with Gasteiger partial charge in [-0.25, -0.2) is 4.98 Å². The van der Waals surface area contributed by atoms with Gasteiger partial charge in [0.25, 0.3) is 0 Å². The first-order chi connectivity index (χ1) is 9.19. The molecule has 0 aliphatic carbocycles. The lowest BCUT2D eigenvalue weighted by Crippen LogP contribution is -2.12. The van der Waals surface area contributed by atoms with Gasteiger partial charge in [-0.1, -0.05) is 6.07 Å². The van der Waals surface area contributed by atoms with E-state index in [0.717, 1.165) is 10.4 Å². The highest BCUT2D eigenvalue weighted by Gasteiger charge is 2.04. The monoisotopic (exact) mass is 277 g/mol. The van der Waals surface area contributed by atoms with E-state index in [4.69, 9.17) is 10.5 Å². The minimum absolute atomic E-state index is 0.387. The number of ether oxygens (including phenoxy) is 1. The Morgan fingerprint density at radius 2 is 2.32 bits per heavy atom. The number of primary amides is 1. The van der Waals surface area contributed by atoms with Crippen LogP contribution in [-0.4, -0.2) is 18.0 Å². The summed E-state index contributed by atoms with van der Waals surface area (Å²) in [6, 6.07) is 5.60. The molecule has 19 heavy (non-hydrogen) atoms. The van der Waals surface area contributed by atoms with Gasteiger partial charge in [0.15, 0.2) is 0 Å². The van der Waals surface area contributed by atoms with Crippen molar-refractivity contribution >= 4 is 17.2 Å². The molecule has 0 spiro atoms. The Labute approximate surface area is 115 Å². The van der Waals surface area contributed by atoms with Crippen LogP contribution >= 0.6 is 11.3 Å². The van der Waals surface area contributed by atoms with Gasteiger partial charge in [-0.3, -0.25) is 4.79 Å². The SMILES string of the molecule is COc1ccc(CNCc2cc(C(N)=O)cs2)cn1. The van der Waals surface area contributed by atoms with Crippen LogP contribution in [0.2, 0.25) is 0 Å². The fraction of sp³-hybridized carbons (Fsp3) is 0.231. The first-order valence-electron chi connectivity index (χ1n) is 5.76. The zero-order valence-corrected chi connectivity index (χ0v) is 11.4. The average Bonchev–Trinajstić information content (AvgIpc) is 2.89. The summed E-state index contributed by atoms with van der Waals surface area (Å²) in [5, 5.41) is 5.06. The summed E-state index contributed by atoms with van der Waals surface area (Å²) in [4.78, 5) is 16.2. The van der Waals surface area contributed by atoms with Crippen molar-refractivity contribution in [2.24, 2.45) is 5.73 Å². The Morgan fingerprint density at radius 1 is 1.47 bits per heavy atom. The number of thiophene rings is 1. The molecule has 0 aromatic carbocycles. The predicted molar refractivity (Wildman–Crippen MR) is 74.2 cm³/mol. The molecule has 2 rings (SSSR count). The number of hydrogen-bond acceptors (Lipinski definition) is 5. The maximum Gasteiger partial charge on any atom is 0.249 e. The summed E-state index contributed by atoms with van der Waals surface area (Å²) in [6.07, 6.45) is 1.77. The first-order valence-corrected chi connectivity index (χ1v) is 6.64. The van der Waals surface area contributed by atoms with Gasteiger partial charge in [0, 0.05) is 35.6 Å². The Kier molecular flexibility index (Phi) is 4.48. The van der Waals surface area contributed by atoms with Crippen LogP contribution < -0.4 is 15.8 Å². The van der Waals surface area contributed by atoms with Crippen molar-refractivity contribution in [3.05, 3.63) is 45.8 Å².